The summed E-state index contributed by atoms with van der Waals surface area (Å²) in [6, 6.07) is 12.9. The first kappa shape index (κ1) is 15.7. The van der Waals surface area contributed by atoms with Crippen LogP contribution in [0.3, 0.4) is 0 Å². The largest absolute Gasteiger partial charge is 0.486 e. The second kappa shape index (κ2) is 6.57. The molecule has 0 unspecified atom stereocenters. The van der Waals surface area contributed by atoms with Crippen LogP contribution in [0.5, 0.6) is 11.5 Å². The summed E-state index contributed by atoms with van der Waals surface area (Å²) in [5.74, 6) is 1.09. The number of hydrogen-bond acceptors (Lipinski definition) is 5. The molecule has 0 aliphatic carbocycles. The van der Waals surface area contributed by atoms with E-state index in [9.17, 15) is 4.79 Å². The maximum Gasteiger partial charge on any atom is 0.255 e. The van der Waals surface area contributed by atoms with Gasteiger partial charge in [-0.15, -0.1) is 11.3 Å². The van der Waals surface area contributed by atoms with E-state index in [1.165, 1.54) is 0 Å². The van der Waals surface area contributed by atoms with Crippen molar-refractivity contribution in [1.29, 1.82) is 0 Å². The SMILES string of the molecule is Cc1nc(-c2ccc(NC(=O)c3ccc4c(c3)OCCO4)cc2)cs1. The second-order valence-corrected chi connectivity index (χ2v) is 6.70. The van der Waals surface area contributed by atoms with Gasteiger partial charge in [0, 0.05) is 22.2 Å². The Bertz CT molecular complexity index is 919. The van der Waals surface area contributed by atoms with Gasteiger partial charge in [0.2, 0.25) is 0 Å². The van der Waals surface area contributed by atoms with Crippen LogP contribution in [0.25, 0.3) is 11.3 Å². The fraction of sp³-hybridized carbons (Fsp3) is 0.158. The molecule has 6 heteroatoms. The van der Waals surface area contributed by atoms with Crippen LogP contribution in [-0.4, -0.2) is 24.1 Å². The van der Waals surface area contributed by atoms with Crippen LogP contribution in [0, 0.1) is 6.92 Å². The molecule has 2 aromatic carbocycles. The summed E-state index contributed by atoms with van der Waals surface area (Å²) in [5, 5.41) is 5.96. The number of amides is 1. The number of carbonyl (C=O) groups is 1. The monoisotopic (exact) mass is 352 g/mol. The summed E-state index contributed by atoms with van der Waals surface area (Å²) in [4.78, 5) is 16.9. The maximum atomic E-state index is 12.4. The van der Waals surface area contributed by atoms with E-state index < -0.39 is 0 Å². The molecule has 1 N–H and O–H groups in total. The molecule has 25 heavy (non-hydrogen) atoms. The molecule has 0 saturated carbocycles. The second-order valence-electron chi connectivity index (χ2n) is 5.64. The van der Waals surface area contributed by atoms with Gasteiger partial charge in [0.1, 0.15) is 13.2 Å². The summed E-state index contributed by atoms with van der Waals surface area (Å²) in [5.41, 5.74) is 3.24. The van der Waals surface area contributed by atoms with E-state index in [0.29, 0.717) is 30.3 Å². The van der Waals surface area contributed by atoms with Crippen LogP contribution in [0.1, 0.15) is 15.4 Å². The van der Waals surface area contributed by atoms with Crippen LogP contribution in [0.15, 0.2) is 47.8 Å². The lowest BCUT2D eigenvalue weighted by atomic mass is 10.1. The number of anilines is 1. The Balaban J connectivity index is 1.49. The van der Waals surface area contributed by atoms with Gasteiger partial charge in [-0.1, -0.05) is 12.1 Å². The van der Waals surface area contributed by atoms with Gasteiger partial charge >= 0.3 is 0 Å². The summed E-state index contributed by atoms with van der Waals surface area (Å²) in [7, 11) is 0. The zero-order valence-corrected chi connectivity index (χ0v) is 14.4. The number of fused-ring (bicyclic) bond motifs is 1. The van der Waals surface area contributed by atoms with E-state index >= 15 is 0 Å². The van der Waals surface area contributed by atoms with E-state index in [-0.39, 0.29) is 5.91 Å². The number of thiazole rings is 1. The fourth-order valence-electron chi connectivity index (χ4n) is 2.61. The Hall–Kier alpha value is -2.86. The number of aromatic nitrogens is 1. The van der Waals surface area contributed by atoms with Gasteiger partial charge in [-0.3, -0.25) is 4.79 Å². The fourth-order valence-corrected chi connectivity index (χ4v) is 3.23. The molecule has 126 valence electrons. The highest BCUT2D eigenvalue weighted by molar-refractivity contribution is 7.09. The molecule has 0 radical (unpaired) electrons. The zero-order valence-electron chi connectivity index (χ0n) is 13.6. The predicted octanol–water partition coefficient (Wildman–Crippen LogP) is 4.14. The molecule has 1 aromatic heterocycles. The van der Waals surface area contributed by atoms with Crippen LogP contribution in [0.4, 0.5) is 5.69 Å². The molecule has 1 amide bonds. The minimum Gasteiger partial charge on any atom is -0.486 e. The number of aryl methyl sites for hydroxylation is 1. The third-order valence-electron chi connectivity index (χ3n) is 3.86. The first-order chi connectivity index (χ1) is 12.2. The highest BCUT2D eigenvalue weighted by Crippen LogP contribution is 2.31. The smallest absolute Gasteiger partial charge is 0.255 e. The minimum atomic E-state index is -0.186. The number of benzene rings is 2. The molecular formula is C19H16N2O3S. The topological polar surface area (TPSA) is 60.5 Å². The van der Waals surface area contributed by atoms with Gasteiger partial charge in [0.05, 0.1) is 10.7 Å². The lowest BCUT2D eigenvalue weighted by Gasteiger charge is -2.18. The van der Waals surface area contributed by atoms with Crippen molar-refractivity contribution in [3.63, 3.8) is 0 Å². The molecule has 0 bridgehead atoms. The summed E-state index contributed by atoms with van der Waals surface area (Å²) < 4.78 is 11.0. The Morgan fingerprint density at radius 1 is 1.08 bits per heavy atom. The maximum absolute atomic E-state index is 12.4. The van der Waals surface area contributed by atoms with E-state index in [0.717, 1.165) is 22.0 Å². The first-order valence-electron chi connectivity index (χ1n) is 7.92. The van der Waals surface area contributed by atoms with Crippen molar-refractivity contribution in [2.75, 3.05) is 18.5 Å². The predicted molar refractivity (Wildman–Crippen MR) is 97.7 cm³/mol. The van der Waals surface area contributed by atoms with Crippen molar-refractivity contribution >= 4 is 22.9 Å². The van der Waals surface area contributed by atoms with Gasteiger partial charge in [-0.25, -0.2) is 4.98 Å². The van der Waals surface area contributed by atoms with Gasteiger partial charge in [-0.2, -0.15) is 0 Å². The Labute approximate surface area is 149 Å². The molecular weight excluding hydrogens is 336 g/mol. The van der Waals surface area contributed by atoms with Crippen molar-refractivity contribution in [3.8, 4) is 22.8 Å². The zero-order chi connectivity index (χ0) is 17.2. The molecule has 0 fully saturated rings. The van der Waals surface area contributed by atoms with Gasteiger partial charge < -0.3 is 14.8 Å². The van der Waals surface area contributed by atoms with E-state index in [4.69, 9.17) is 9.47 Å². The van der Waals surface area contributed by atoms with Crippen molar-refractivity contribution in [1.82, 2.24) is 4.98 Å². The Morgan fingerprint density at radius 3 is 2.56 bits per heavy atom. The van der Waals surface area contributed by atoms with E-state index in [2.05, 4.69) is 10.3 Å². The summed E-state index contributed by atoms with van der Waals surface area (Å²) >= 11 is 1.62. The third kappa shape index (κ3) is 3.34. The molecule has 0 spiro atoms. The Morgan fingerprint density at radius 2 is 1.84 bits per heavy atom. The van der Waals surface area contributed by atoms with Crippen molar-refractivity contribution in [2.45, 2.75) is 6.92 Å². The molecule has 3 aromatic rings. The molecule has 1 aliphatic heterocycles. The average Bonchev–Trinajstić information content (AvgIpc) is 3.08. The van der Waals surface area contributed by atoms with Crippen LogP contribution in [0.2, 0.25) is 0 Å². The Kier molecular flexibility index (Phi) is 4.11. The van der Waals surface area contributed by atoms with Gasteiger partial charge in [0.25, 0.3) is 5.91 Å². The van der Waals surface area contributed by atoms with Crippen LogP contribution in [-0.2, 0) is 0 Å². The molecule has 5 nitrogen and oxygen atoms in total. The first-order valence-corrected chi connectivity index (χ1v) is 8.80. The summed E-state index contributed by atoms with van der Waals surface area (Å²) in [6.07, 6.45) is 0. The number of nitrogens with zero attached hydrogens (tertiary/aromatic N) is 1. The number of hydrogen-bond donors (Lipinski definition) is 1. The van der Waals surface area contributed by atoms with Crippen LogP contribution < -0.4 is 14.8 Å². The van der Waals surface area contributed by atoms with Crippen LogP contribution >= 0.6 is 11.3 Å². The molecule has 2 heterocycles. The van der Waals surface area contributed by atoms with Crippen molar-refractivity contribution in [2.24, 2.45) is 0 Å². The van der Waals surface area contributed by atoms with Gasteiger partial charge in [-0.05, 0) is 37.3 Å². The highest BCUT2D eigenvalue weighted by atomic mass is 32.1. The standard InChI is InChI=1S/C19H16N2O3S/c1-12-20-16(11-25-12)13-2-5-15(6-3-13)21-19(22)14-4-7-17-18(10-14)24-9-8-23-17/h2-7,10-11H,8-9H2,1H3,(H,21,22). The average molecular weight is 352 g/mol. The number of rotatable bonds is 3. The summed E-state index contributed by atoms with van der Waals surface area (Å²) in [6.45, 7) is 3.01. The molecule has 4 rings (SSSR count). The number of ether oxygens (including phenoxy) is 2. The molecule has 1 aliphatic rings. The lowest BCUT2D eigenvalue weighted by molar-refractivity contribution is 0.102. The van der Waals surface area contributed by atoms with E-state index in [1.807, 2.05) is 36.6 Å². The number of carbonyl (C=O) groups excluding carboxylic acids is 1. The minimum absolute atomic E-state index is 0.186. The molecule has 0 saturated heterocycles. The van der Waals surface area contributed by atoms with Gasteiger partial charge in [0.15, 0.2) is 11.5 Å². The number of nitrogens with one attached hydrogen (secondary N) is 1. The lowest BCUT2D eigenvalue weighted by Crippen LogP contribution is -2.17. The third-order valence-corrected chi connectivity index (χ3v) is 4.64. The van der Waals surface area contributed by atoms with E-state index in [1.54, 1.807) is 29.5 Å². The van der Waals surface area contributed by atoms with Crippen molar-refractivity contribution in [3.05, 3.63) is 58.4 Å². The van der Waals surface area contributed by atoms with Crippen molar-refractivity contribution < 1.29 is 14.3 Å². The molecule has 0 atom stereocenters. The highest BCUT2D eigenvalue weighted by Gasteiger charge is 2.15. The normalized spacial score (nSPS) is 12.7. The quantitative estimate of drug-likeness (QED) is 0.769.